The second-order valence-corrected chi connectivity index (χ2v) is 6.32. The number of carboxylic acid groups (broad SMARTS) is 1. The standard InChI is InChI=1S/C17H10Cl3NO2/c1-8-2-4-13(20)15-11(17(22)23)7-14(21-16(8)15)10-6-9(18)3-5-12(10)19/h2-7H,1H3,(H,22,23). The van der Waals surface area contributed by atoms with Crippen molar-refractivity contribution in [1.82, 2.24) is 4.98 Å². The van der Waals surface area contributed by atoms with Gasteiger partial charge in [0.25, 0.3) is 0 Å². The molecule has 1 aromatic heterocycles. The molecule has 3 rings (SSSR count). The number of halogens is 3. The Labute approximate surface area is 147 Å². The highest BCUT2D eigenvalue weighted by atomic mass is 35.5. The van der Waals surface area contributed by atoms with E-state index in [2.05, 4.69) is 4.98 Å². The molecule has 0 amide bonds. The van der Waals surface area contributed by atoms with Gasteiger partial charge in [0, 0.05) is 16.0 Å². The highest BCUT2D eigenvalue weighted by Gasteiger charge is 2.18. The van der Waals surface area contributed by atoms with Crippen molar-refractivity contribution in [3.05, 3.63) is 62.6 Å². The first-order valence-electron chi connectivity index (χ1n) is 6.67. The lowest BCUT2D eigenvalue weighted by atomic mass is 10.0. The van der Waals surface area contributed by atoms with Crippen LogP contribution in [0.15, 0.2) is 36.4 Å². The van der Waals surface area contributed by atoms with E-state index in [1.54, 1.807) is 30.3 Å². The summed E-state index contributed by atoms with van der Waals surface area (Å²) >= 11 is 18.4. The molecule has 3 nitrogen and oxygen atoms in total. The van der Waals surface area contributed by atoms with E-state index in [4.69, 9.17) is 34.8 Å². The number of carbonyl (C=O) groups is 1. The molecule has 0 fully saturated rings. The zero-order valence-electron chi connectivity index (χ0n) is 11.9. The molecule has 0 atom stereocenters. The average Bonchev–Trinajstić information content (AvgIpc) is 2.52. The summed E-state index contributed by atoms with van der Waals surface area (Å²) in [6, 6.07) is 9.90. The summed E-state index contributed by atoms with van der Waals surface area (Å²) < 4.78 is 0. The Balaban J connectivity index is 2.42. The van der Waals surface area contributed by atoms with Crippen LogP contribution < -0.4 is 0 Å². The first-order chi connectivity index (χ1) is 10.9. The number of fused-ring (bicyclic) bond motifs is 1. The van der Waals surface area contributed by atoms with Gasteiger partial charge in [0.1, 0.15) is 0 Å². The second-order valence-electron chi connectivity index (χ2n) is 5.07. The number of hydrogen-bond acceptors (Lipinski definition) is 2. The van der Waals surface area contributed by atoms with Crippen molar-refractivity contribution in [3.8, 4) is 11.3 Å². The molecule has 0 saturated carbocycles. The molecule has 3 aromatic rings. The van der Waals surface area contributed by atoms with Crippen molar-refractivity contribution >= 4 is 51.7 Å². The van der Waals surface area contributed by atoms with Gasteiger partial charge < -0.3 is 5.11 Å². The van der Waals surface area contributed by atoms with Crippen molar-refractivity contribution in [2.45, 2.75) is 6.92 Å². The minimum absolute atomic E-state index is 0.0785. The van der Waals surface area contributed by atoms with Crippen LogP contribution in [0.25, 0.3) is 22.2 Å². The van der Waals surface area contributed by atoms with Gasteiger partial charge in [-0.3, -0.25) is 0 Å². The fourth-order valence-corrected chi connectivity index (χ4v) is 3.07. The van der Waals surface area contributed by atoms with Crippen molar-refractivity contribution in [2.24, 2.45) is 0 Å². The number of carboxylic acids is 1. The van der Waals surface area contributed by atoms with E-state index in [0.29, 0.717) is 37.2 Å². The maximum atomic E-state index is 11.7. The largest absolute Gasteiger partial charge is 0.478 e. The number of rotatable bonds is 2. The highest BCUT2D eigenvalue weighted by molar-refractivity contribution is 6.37. The monoisotopic (exact) mass is 365 g/mol. The summed E-state index contributed by atoms with van der Waals surface area (Å²) in [5, 5.41) is 11.2. The van der Waals surface area contributed by atoms with E-state index < -0.39 is 5.97 Å². The van der Waals surface area contributed by atoms with Crippen molar-refractivity contribution in [1.29, 1.82) is 0 Å². The van der Waals surface area contributed by atoms with Crippen LogP contribution in [0.5, 0.6) is 0 Å². The molecular weight excluding hydrogens is 357 g/mol. The van der Waals surface area contributed by atoms with Crippen LogP contribution in [-0.4, -0.2) is 16.1 Å². The Morgan fingerprint density at radius 2 is 1.74 bits per heavy atom. The lowest BCUT2D eigenvalue weighted by Gasteiger charge is -2.11. The van der Waals surface area contributed by atoms with Gasteiger partial charge in [0.2, 0.25) is 0 Å². The third kappa shape index (κ3) is 2.88. The topological polar surface area (TPSA) is 50.2 Å². The molecule has 1 N–H and O–H groups in total. The highest BCUT2D eigenvalue weighted by Crippen LogP contribution is 2.35. The number of hydrogen-bond donors (Lipinski definition) is 1. The minimum atomic E-state index is -1.08. The van der Waals surface area contributed by atoms with Crippen LogP contribution in [0.4, 0.5) is 0 Å². The second kappa shape index (κ2) is 6.00. The van der Waals surface area contributed by atoms with Gasteiger partial charge in [-0.05, 0) is 42.8 Å². The van der Waals surface area contributed by atoms with Gasteiger partial charge in [0.05, 0.1) is 26.8 Å². The Hall–Kier alpha value is -1.81. The molecule has 0 radical (unpaired) electrons. The molecule has 0 unspecified atom stereocenters. The minimum Gasteiger partial charge on any atom is -0.478 e. The molecule has 0 aliphatic rings. The summed E-state index contributed by atoms with van der Waals surface area (Å²) in [5.74, 6) is -1.08. The number of nitrogens with zero attached hydrogens (tertiary/aromatic N) is 1. The molecule has 0 saturated heterocycles. The number of pyridine rings is 1. The molecule has 6 heteroatoms. The summed E-state index contributed by atoms with van der Waals surface area (Å²) in [6.07, 6.45) is 0. The molecule has 23 heavy (non-hydrogen) atoms. The van der Waals surface area contributed by atoms with Crippen molar-refractivity contribution in [3.63, 3.8) is 0 Å². The van der Waals surface area contributed by atoms with Crippen LogP contribution in [0, 0.1) is 6.92 Å². The number of aryl methyl sites for hydroxylation is 1. The first kappa shape index (κ1) is 16.1. The molecular formula is C17H10Cl3NO2. The van der Waals surface area contributed by atoms with Crippen LogP contribution in [0.1, 0.15) is 15.9 Å². The molecule has 0 aliphatic heterocycles. The predicted molar refractivity (Wildman–Crippen MR) is 93.9 cm³/mol. The Morgan fingerprint density at radius 1 is 1.04 bits per heavy atom. The number of benzene rings is 2. The number of aromatic nitrogens is 1. The normalized spacial score (nSPS) is 11.0. The van der Waals surface area contributed by atoms with E-state index >= 15 is 0 Å². The van der Waals surface area contributed by atoms with E-state index in [1.807, 2.05) is 6.92 Å². The lowest BCUT2D eigenvalue weighted by Crippen LogP contribution is -2.02. The molecule has 0 aliphatic carbocycles. The maximum Gasteiger partial charge on any atom is 0.336 e. The third-order valence-corrected chi connectivity index (χ3v) is 4.43. The maximum absolute atomic E-state index is 11.7. The fraction of sp³-hybridized carbons (Fsp3) is 0.0588. The van der Waals surface area contributed by atoms with E-state index in [0.717, 1.165) is 5.56 Å². The van der Waals surface area contributed by atoms with E-state index in [9.17, 15) is 9.90 Å². The van der Waals surface area contributed by atoms with Crippen LogP contribution in [0.3, 0.4) is 0 Å². The van der Waals surface area contributed by atoms with Crippen molar-refractivity contribution in [2.75, 3.05) is 0 Å². The molecule has 2 aromatic carbocycles. The quantitative estimate of drug-likeness (QED) is 0.617. The zero-order valence-corrected chi connectivity index (χ0v) is 14.2. The summed E-state index contributed by atoms with van der Waals surface area (Å²) in [5.41, 5.74) is 2.45. The fourth-order valence-electron chi connectivity index (χ4n) is 2.43. The lowest BCUT2D eigenvalue weighted by molar-refractivity contribution is 0.0699. The molecule has 1 heterocycles. The van der Waals surface area contributed by atoms with Gasteiger partial charge >= 0.3 is 5.97 Å². The smallest absolute Gasteiger partial charge is 0.336 e. The van der Waals surface area contributed by atoms with Crippen LogP contribution >= 0.6 is 34.8 Å². The molecule has 0 bridgehead atoms. The summed E-state index contributed by atoms with van der Waals surface area (Å²) in [7, 11) is 0. The van der Waals surface area contributed by atoms with Gasteiger partial charge in [0.15, 0.2) is 0 Å². The van der Waals surface area contributed by atoms with Crippen LogP contribution in [-0.2, 0) is 0 Å². The Morgan fingerprint density at radius 3 is 2.43 bits per heavy atom. The van der Waals surface area contributed by atoms with Gasteiger partial charge in [-0.2, -0.15) is 0 Å². The van der Waals surface area contributed by atoms with Crippen LogP contribution in [0.2, 0.25) is 15.1 Å². The first-order valence-corrected chi connectivity index (χ1v) is 7.80. The van der Waals surface area contributed by atoms with Gasteiger partial charge in [-0.25, -0.2) is 9.78 Å². The SMILES string of the molecule is Cc1ccc(Cl)c2c(C(=O)O)cc(-c3cc(Cl)ccc3Cl)nc12. The van der Waals surface area contributed by atoms with Gasteiger partial charge in [-0.15, -0.1) is 0 Å². The van der Waals surface area contributed by atoms with Gasteiger partial charge in [-0.1, -0.05) is 40.9 Å². The molecule has 116 valence electrons. The average molecular weight is 367 g/mol. The zero-order chi connectivity index (χ0) is 16.7. The van der Waals surface area contributed by atoms with Crippen molar-refractivity contribution < 1.29 is 9.90 Å². The predicted octanol–water partition coefficient (Wildman–Crippen LogP) is 5.87. The number of aromatic carboxylic acids is 1. The summed E-state index contributed by atoms with van der Waals surface area (Å²) in [4.78, 5) is 16.2. The Bertz CT molecular complexity index is 954. The Kier molecular flexibility index (Phi) is 4.19. The van der Waals surface area contributed by atoms with E-state index in [1.165, 1.54) is 6.07 Å². The molecule has 0 spiro atoms. The summed E-state index contributed by atoms with van der Waals surface area (Å²) in [6.45, 7) is 1.85. The van der Waals surface area contributed by atoms with E-state index in [-0.39, 0.29) is 5.56 Å². The third-order valence-electron chi connectivity index (χ3n) is 3.55.